The summed E-state index contributed by atoms with van der Waals surface area (Å²) in [5.41, 5.74) is 6.87. The van der Waals surface area contributed by atoms with Crippen LogP contribution in [0.2, 0.25) is 5.02 Å². The van der Waals surface area contributed by atoms with Crippen LogP contribution >= 0.6 is 11.6 Å². The van der Waals surface area contributed by atoms with Gasteiger partial charge in [-0.1, -0.05) is 11.6 Å². The van der Waals surface area contributed by atoms with Gasteiger partial charge in [0, 0.05) is 11.9 Å². The van der Waals surface area contributed by atoms with Crippen molar-refractivity contribution in [1.82, 2.24) is 4.98 Å². The molecule has 0 spiro atoms. The second-order valence-electron chi connectivity index (χ2n) is 3.22. The van der Waals surface area contributed by atoms with Gasteiger partial charge in [0.25, 0.3) is 0 Å². The predicted octanol–water partition coefficient (Wildman–Crippen LogP) is 3.20. The van der Waals surface area contributed by atoms with E-state index >= 15 is 0 Å². The predicted molar refractivity (Wildman–Crippen MR) is 63.3 cm³/mol. The summed E-state index contributed by atoms with van der Waals surface area (Å²) in [6, 6.07) is 7.51. The molecule has 0 radical (unpaired) electrons. The fourth-order valence-electron chi connectivity index (χ4n) is 1.23. The third-order valence-corrected chi connectivity index (χ3v) is 2.20. The van der Waals surface area contributed by atoms with Gasteiger partial charge in [0.2, 0.25) is 0 Å². The van der Waals surface area contributed by atoms with Crippen LogP contribution in [-0.4, -0.2) is 4.98 Å². The molecule has 16 heavy (non-hydrogen) atoms. The molecular formula is C11H9ClFN3. The van der Waals surface area contributed by atoms with E-state index in [4.69, 9.17) is 17.3 Å². The lowest BCUT2D eigenvalue weighted by atomic mass is 10.3. The molecule has 1 heterocycles. The van der Waals surface area contributed by atoms with E-state index in [9.17, 15) is 4.39 Å². The highest BCUT2D eigenvalue weighted by Gasteiger charge is 2.02. The molecule has 2 aromatic rings. The van der Waals surface area contributed by atoms with Crippen LogP contribution in [0.15, 0.2) is 36.5 Å². The molecular weight excluding hydrogens is 229 g/mol. The van der Waals surface area contributed by atoms with Crippen molar-refractivity contribution in [2.45, 2.75) is 0 Å². The first-order chi connectivity index (χ1) is 7.65. The Morgan fingerprint density at radius 3 is 2.56 bits per heavy atom. The third-order valence-electron chi connectivity index (χ3n) is 1.99. The summed E-state index contributed by atoms with van der Waals surface area (Å²) in [4.78, 5) is 4.03. The quantitative estimate of drug-likeness (QED) is 0.843. The first-order valence-electron chi connectivity index (χ1n) is 4.59. The van der Waals surface area contributed by atoms with Crippen molar-refractivity contribution in [2.24, 2.45) is 0 Å². The third kappa shape index (κ3) is 2.41. The zero-order chi connectivity index (χ0) is 11.5. The molecule has 1 aromatic heterocycles. The van der Waals surface area contributed by atoms with Crippen molar-refractivity contribution < 1.29 is 4.39 Å². The Kier molecular flexibility index (Phi) is 2.92. The molecule has 0 saturated heterocycles. The molecule has 5 heteroatoms. The first-order valence-corrected chi connectivity index (χ1v) is 4.96. The summed E-state index contributed by atoms with van der Waals surface area (Å²) in [7, 11) is 0. The molecule has 0 atom stereocenters. The molecule has 0 aliphatic rings. The Morgan fingerprint density at radius 2 is 1.94 bits per heavy atom. The van der Waals surface area contributed by atoms with E-state index in [0.717, 1.165) is 0 Å². The Balaban J connectivity index is 2.23. The van der Waals surface area contributed by atoms with Gasteiger partial charge in [-0.3, -0.25) is 0 Å². The number of pyridine rings is 1. The number of aromatic nitrogens is 1. The number of rotatable bonds is 2. The van der Waals surface area contributed by atoms with Crippen molar-refractivity contribution in [2.75, 3.05) is 11.1 Å². The molecule has 0 amide bonds. The number of nitrogens with zero attached hydrogens (tertiary/aromatic N) is 1. The van der Waals surface area contributed by atoms with Gasteiger partial charge in [0.15, 0.2) is 5.82 Å². The zero-order valence-electron chi connectivity index (χ0n) is 8.24. The first kappa shape index (κ1) is 10.7. The van der Waals surface area contributed by atoms with E-state index in [1.54, 1.807) is 18.2 Å². The van der Waals surface area contributed by atoms with Crippen LogP contribution in [0.25, 0.3) is 0 Å². The Hall–Kier alpha value is -1.81. The standard InChI is InChI=1S/C11H9ClFN3/c12-7-5-10(14)11(15-6-7)16-9-3-1-8(13)2-4-9/h1-6H,14H2,(H,15,16). The maximum atomic E-state index is 12.7. The maximum absolute atomic E-state index is 12.7. The van der Waals surface area contributed by atoms with Crippen LogP contribution in [0.4, 0.5) is 21.6 Å². The van der Waals surface area contributed by atoms with Crippen LogP contribution in [0.3, 0.4) is 0 Å². The molecule has 0 unspecified atom stereocenters. The summed E-state index contributed by atoms with van der Waals surface area (Å²) in [5, 5.41) is 3.44. The smallest absolute Gasteiger partial charge is 0.153 e. The van der Waals surface area contributed by atoms with Gasteiger partial charge in [-0.25, -0.2) is 9.37 Å². The Morgan fingerprint density at radius 1 is 1.25 bits per heavy atom. The minimum absolute atomic E-state index is 0.289. The van der Waals surface area contributed by atoms with Crippen molar-refractivity contribution >= 4 is 28.8 Å². The zero-order valence-corrected chi connectivity index (χ0v) is 9.00. The highest BCUT2D eigenvalue weighted by molar-refractivity contribution is 6.30. The largest absolute Gasteiger partial charge is 0.396 e. The number of nitrogens with two attached hydrogens (primary N) is 1. The average molecular weight is 238 g/mol. The van der Waals surface area contributed by atoms with E-state index in [1.807, 2.05) is 0 Å². The number of nitrogen functional groups attached to an aromatic ring is 1. The number of anilines is 3. The second-order valence-corrected chi connectivity index (χ2v) is 3.66. The lowest BCUT2D eigenvalue weighted by Gasteiger charge is -2.07. The van der Waals surface area contributed by atoms with E-state index in [-0.39, 0.29) is 5.82 Å². The van der Waals surface area contributed by atoms with Crippen LogP contribution in [0, 0.1) is 5.82 Å². The van der Waals surface area contributed by atoms with Gasteiger partial charge in [0.1, 0.15) is 5.82 Å². The molecule has 0 aliphatic carbocycles. The fraction of sp³-hybridized carbons (Fsp3) is 0. The van der Waals surface area contributed by atoms with E-state index < -0.39 is 0 Å². The molecule has 0 fully saturated rings. The van der Waals surface area contributed by atoms with Crippen LogP contribution in [-0.2, 0) is 0 Å². The summed E-state index contributed by atoms with van der Waals surface area (Å²) >= 11 is 5.72. The van der Waals surface area contributed by atoms with Gasteiger partial charge in [-0.15, -0.1) is 0 Å². The van der Waals surface area contributed by atoms with Gasteiger partial charge >= 0.3 is 0 Å². The molecule has 1 aromatic carbocycles. The SMILES string of the molecule is Nc1cc(Cl)cnc1Nc1ccc(F)cc1. The normalized spacial score (nSPS) is 10.1. The second kappa shape index (κ2) is 4.37. The van der Waals surface area contributed by atoms with Gasteiger partial charge < -0.3 is 11.1 Å². The summed E-state index contributed by atoms with van der Waals surface area (Å²) in [6.45, 7) is 0. The molecule has 0 saturated carbocycles. The minimum Gasteiger partial charge on any atom is -0.396 e. The van der Waals surface area contributed by atoms with Crippen LogP contribution in [0.5, 0.6) is 0 Å². The molecule has 3 N–H and O–H groups in total. The van der Waals surface area contributed by atoms with E-state index in [0.29, 0.717) is 22.2 Å². The summed E-state index contributed by atoms with van der Waals surface area (Å²) in [5.74, 6) is 0.207. The Labute approximate surface area is 97.1 Å². The summed E-state index contributed by atoms with van der Waals surface area (Å²) in [6.07, 6.45) is 1.49. The minimum atomic E-state index is -0.289. The number of benzene rings is 1. The van der Waals surface area contributed by atoms with Crippen LogP contribution in [0.1, 0.15) is 0 Å². The maximum Gasteiger partial charge on any atom is 0.153 e. The molecule has 0 aliphatic heterocycles. The van der Waals surface area contributed by atoms with E-state index in [2.05, 4.69) is 10.3 Å². The van der Waals surface area contributed by atoms with Gasteiger partial charge in [-0.05, 0) is 30.3 Å². The summed E-state index contributed by atoms with van der Waals surface area (Å²) < 4.78 is 12.7. The van der Waals surface area contributed by atoms with Crippen molar-refractivity contribution in [3.05, 3.63) is 47.4 Å². The number of halogens is 2. The van der Waals surface area contributed by atoms with Gasteiger partial charge in [-0.2, -0.15) is 0 Å². The van der Waals surface area contributed by atoms with Crippen LogP contribution < -0.4 is 11.1 Å². The molecule has 82 valence electrons. The molecule has 0 bridgehead atoms. The highest BCUT2D eigenvalue weighted by atomic mass is 35.5. The average Bonchev–Trinajstić information content (AvgIpc) is 2.25. The lowest BCUT2D eigenvalue weighted by molar-refractivity contribution is 0.628. The topological polar surface area (TPSA) is 50.9 Å². The molecule has 3 nitrogen and oxygen atoms in total. The Bertz CT molecular complexity index is 499. The lowest BCUT2D eigenvalue weighted by Crippen LogP contribution is -1.98. The monoisotopic (exact) mass is 237 g/mol. The van der Waals surface area contributed by atoms with Crippen molar-refractivity contribution in [1.29, 1.82) is 0 Å². The molecule has 2 rings (SSSR count). The van der Waals surface area contributed by atoms with Crippen molar-refractivity contribution in [3.63, 3.8) is 0 Å². The van der Waals surface area contributed by atoms with E-state index in [1.165, 1.54) is 18.3 Å². The number of hydrogen-bond acceptors (Lipinski definition) is 3. The highest BCUT2D eigenvalue weighted by Crippen LogP contribution is 2.23. The number of nitrogens with one attached hydrogen (secondary N) is 1. The van der Waals surface area contributed by atoms with Crippen molar-refractivity contribution in [3.8, 4) is 0 Å². The van der Waals surface area contributed by atoms with Gasteiger partial charge in [0.05, 0.1) is 10.7 Å². The number of hydrogen-bond donors (Lipinski definition) is 2. The fourth-order valence-corrected chi connectivity index (χ4v) is 1.40.